The number of halogens is 1. The molecule has 0 aromatic heterocycles. The largest absolute Gasteiger partial charge is 0.481 e. The van der Waals surface area contributed by atoms with Gasteiger partial charge in [0.25, 0.3) is 0 Å². The second-order valence-corrected chi connectivity index (χ2v) is 5.49. The predicted octanol–water partition coefficient (Wildman–Crippen LogP) is 1.97. The highest BCUT2D eigenvalue weighted by molar-refractivity contribution is 9.10. The molecule has 0 atom stereocenters. The molecule has 1 fully saturated rings. The molecule has 4 nitrogen and oxygen atoms in total. The topological polar surface area (TPSA) is 66.4 Å². The minimum Gasteiger partial charge on any atom is -0.481 e. The Morgan fingerprint density at radius 2 is 1.89 bits per heavy atom. The van der Waals surface area contributed by atoms with Crippen molar-refractivity contribution in [3.63, 3.8) is 0 Å². The van der Waals surface area contributed by atoms with E-state index in [0.717, 1.165) is 10.0 Å². The van der Waals surface area contributed by atoms with Crippen LogP contribution >= 0.6 is 15.9 Å². The van der Waals surface area contributed by atoms with Gasteiger partial charge in [-0.3, -0.25) is 9.59 Å². The van der Waals surface area contributed by atoms with Crippen molar-refractivity contribution in [2.75, 3.05) is 0 Å². The number of hydrogen-bond donors (Lipinski definition) is 2. The van der Waals surface area contributed by atoms with Crippen LogP contribution < -0.4 is 5.32 Å². The molecule has 0 radical (unpaired) electrons. The van der Waals surface area contributed by atoms with Crippen molar-refractivity contribution in [3.05, 3.63) is 34.3 Å². The van der Waals surface area contributed by atoms with Crippen LogP contribution in [0.4, 0.5) is 0 Å². The van der Waals surface area contributed by atoms with Crippen LogP contribution in [0, 0.1) is 5.92 Å². The average Bonchev–Trinajstić information content (AvgIpc) is 2.25. The molecule has 0 bridgehead atoms. The number of carbonyl (C=O) groups excluding carboxylic acids is 1. The molecule has 5 heteroatoms. The van der Waals surface area contributed by atoms with E-state index in [9.17, 15) is 9.59 Å². The Morgan fingerprint density at radius 3 is 2.44 bits per heavy atom. The Balaban J connectivity index is 1.76. The van der Waals surface area contributed by atoms with Gasteiger partial charge in [-0.1, -0.05) is 28.1 Å². The van der Waals surface area contributed by atoms with Gasteiger partial charge in [-0.15, -0.1) is 0 Å². The molecule has 1 aliphatic rings. The van der Waals surface area contributed by atoms with E-state index in [1.807, 2.05) is 24.3 Å². The number of carbonyl (C=O) groups is 2. The van der Waals surface area contributed by atoms with E-state index in [-0.39, 0.29) is 17.9 Å². The second-order valence-electron chi connectivity index (χ2n) is 4.57. The third kappa shape index (κ3) is 3.32. The first-order chi connectivity index (χ1) is 8.54. The van der Waals surface area contributed by atoms with Crippen molar-refractivity contribution in [3.8, 4) is 0 Å². The summed E-state index contributed by atoms with van der Waals surface area (Å²) in [5, 5.41) is 11.6. The van der Waals surface area contributed by atoms with Crippen molar-refractivity contribution in [1.29, 1.82) is 0 Å². The maximum absolute atomic E-state index is 11.7. The number of hydrogen-bond acceptors (Lipinski definition) is 2. The highest BCUT2D eigenvalue weighted by Gasteiger charge is 2.35. The van der Waals surface area contributed by atoms with Gasteiger partial charge in [-0.25, -0.2) is 0 Å². The zero-order valence-electron chi connectivity index (χ0n) is 9.73. The van der Waals surface area contributed by atoms with Gasteiger partial charge in [0.1, 0.15) is 0 Å². The van der Waals surface area contributed by atoms with Gasteiger partial charge in [-0.2, -0.15) is 0 Å². The summed E-state index contributed by atoms with van der Waals surface area (Å²) in [6.45, 7) is 0. The quantitative estimate of drug-likeness (QED) is 0.893. The summed E-state index contributed by atoms with van der Waals surface area (Å²) >= 11 is 3.34. The Labute approximate surface area is 114 Å². The number of carboxylic acids is 1. The molecular formula is C13H14BrNO3. The molecular weight excluding hydrogens is 298 g/mol. The SMILES string of the molecule is O=C(Cc1ccc(Br)cc1)NC1CC(C(=O)O)C1. The van der Waals surface area contributed by atoms with E-state index in [1.165, 1.54) is 0 Å². The molecule has 1 aliphatic carbocycles. The third-order valence-electron chi connectivity index (χ3n) is 3.13. The molecule has 18 heavy (non-hydrogen) atoms. The maximum Gasteiger partial charge on any atom is 0.306 e. The van der Waals surface area contributed by atoms with Gasteiger partial charge in [0.05, 0.1) is 12.3 Å². The Morgan fingerprint density at radius 1 is 1.28 bits per heavy atom. The second kappa shape index (κ2) is 5.52. The molecule has 0 unspecified atom stereocenters. The van der Waals surface area contributed by atoms with E-state index < -0.39 is 5.97 Å². The van der Waals surface area contributed by atoms with Crippen LogP contribution in [0.25, 0.3) is 0 Å². The molecule has 1 saturated carbocycles. The number of benzene rings is 1. The van der Waals surface area contributed by atoms with Gasteiger partial charge in [0.15, 0.2) is 0 Å². The smallest absolute Gasteiger partial charge is 0.306 e. The molecule has 1 aromatic rings. The van der Waals surface area contributed by atoms with Crippen LogP contribution in [-0.2, 0) is 16.0 Å². The normalized spacial score (nSPS) is 22.1. The van der Waals surface area contributed by atoms with E-state index in [2.05, 4.69) is 21.2 Å². The number of aliphatic carboxylic acids is 1. The predicted molar refractivity (Wildman–Crippen MR) is 70.1 cm³/mol. The molecule has 0 aliphatic heterocycles. The highest BCUT2D eigenvalue weighted by atomic mass is 79.9. The molecule has 0 heterocycles. The molecule has 1 amide bonds. The summed E-state index contributed by atoms with van der Waals surface area (Å²) in [5.41, 5.74) is 0.949. The summed E-state index contributed by atoms with van der Waals surface area (Å²) in [7, 11) is 0. The van der Waals surface area contributed by atoms with Crippen LogP contribution in [0.5, 0.6) is 0 Å². The van der Waals surface area contributed by atoms with Gasteiger partial charge in [-0.05, 0) is 30.5 Å². The Bertz CT molecular complexity index is 452. The van der Waals surface area contributed by atoms with Crippen molar-refractivity contribution >= 4 is 27.8 Å². The zero-order valence-corrected chi connectivity index (χ0v) is 11.3. The fraction of sp³-hybridized carbons (Fsp3) is 0.385. The third-order valence-corrected chi connectivity index (χ3v) is 3.66. The summed E-state index contributed by atoms with van der Waals surface area (Å²) in [4.78, 5) is 22.3. The minimum atomic E-state index is -0.770. The van der Waals surface area contributed by atoms with E-state index in [1.54, 1.807) is 0 Å². The van der Waals surface area contributed by atoms with E-state index in [0.29, 0.717) is 19.3 Å². The fourth-order valence-electron chi connectivity index (χ4n) is 2.00. The molecule has 2 N–H and O–H groups in total. The highest BCUT2D eigenvalue weighted by Crippen LogP contribution is 2.27. The van der Waals surface area contributed by atoms with Crippen LogP contribution in [0.2, 0.25) is 0 Å². The standard InChI is InChI=1S/C13H14BrNO3/c14-10-3-1-8(2-4-10)5-12(16)15-11-6-9(7-11)13(17)18/h1-4,9,11H,5-7H2,(H,15,16)(H,17,18). The van der Waals surface area contributed by atoms with E-state index in [4.69, 9.17) is 5.11 Å². The van der Waals surface area contributed by atoms with E-state index >= 15 is 0 Å². The molecule has 0 saturated heterocycles. The van der Waals surface area contributed by atoms with Crippen LogP contribution in [0.15, 0.2) is 28.7 Å². The lowest BCUT2D eigenvalue weighted by Crippen LogP contribution is -2.47. The maximum atomic E-state index is 11.7. The Hall–Kier alpha value is -1.36. The zero-order chi connectivity index (χ0) is 13.1. The van der Waals surface area contributed by atoms with Crippen molar-refractivity contribution < 1.29 is 14.7 Å². The van der Waals surface area contributed by atoms with Crippen molar-refractivity contribution in [2.24, 2.45) is 5.92 Å². The van der Waals surface area contributed by atoms with Gasteiger partial charge in [0.2, 0.25) is 5.91 Å². The van der Waals surface area contributed by atoms with Gasteiger partial charge in [0, 0.05) is 10.5 Å². The van der Waals surface area contributed by atoms with Crippen molar-refractivity contribution in [2.45, 2.75) is 25.3 Å². The molecule has 1 aromatic carbocycles. The van der Waals surface area contributed by atoms with Crippen LogP contribution in [0.3, 0.4) is 0 Å². The van der Waals surface area contributed by atoms with Gasteiger partial charge < -0.3 is 10.4 Å². The average molecular weight is 312 g/mol. The lowest BCUT2D eigenvalue weighted by molar-refractivity contribution is -0.146. The summed E-state index contributed by atoms with van der Waals surface area (Å²) in [5.74, 6) is -1.11. The Kier molecular flexibility index (Phi) is 4.01. The van der Waals surface area contributed by atoms with Crippen LogP contribution in [-0.4, -0.2) is 23.0 Å². The first kappa shape index (κ1) is 13.1. The molecule has 96 valence electrons. The monoisotopic (exact) mass is 311 g/mol. The van der Waals surface area contributed by atoms with Crippen LogP contribution in [0.1, 0.15) is 18.4 Å². The molecule has 2 rings (SSSR count). The first-order valence-corrected chi connectivity index (χ1v) is 6.60. The number of amides is 1. The van der Waals surface area contributed by atoms with Gasteiger partial charge >= 0.3 is 5.97 Å². The minimum absolute atomic E-state index is 0.0223. The van der Waals surface area contributed by atoms with Crippen molar-refractivity contribution in [1.82, 2.24) is 5.32 Å². The number of nitrogens with one attached hydrogen (secondary N) is 1. The summed E-state index contributed by atoms with van der Waals surface area (Å²) in [6, 6.07) is 7.60. The molecule has 0 spiro atoms. The lowest BCUT2D eigenvalue weighted by atomic mass is 9.80. The lowest BCUT2D eigenvalue weighted by Gasteiger charge is -2.32. The number of carboxylic acid groups (broad SMARTS) is 1. The first-order valence-electron chi connectivity index (χ1n) is 5.81. The summed E-state index contributed by atoms with van der Waals surface area (Å²) in [6.07, 6.45) is 1.42. The number of rotatable bonds is 4. The fourth-order valence-corrected chi connectivity index (χ4v) is 2.27. The summed E-state index contributed by atoms with van der Waals surface area (Å²) < 4.78 is 0.981.